The van der Waals surface area contributed by atoms with Crippen molar-refractivity contribution in [3.8, 4) is 0 Å². The summed E-state index contributed by atoms with van der Waals surface area (Å²) >= 11 is 12.2. The zero-order chi connectivity index (χ0) is 32.1. The second kappa shape index (κ2) is 12.8. The number of hydrogen-bond donors (Lipinski definition) is 4. The topological polar surface area (TPSA) is 157 Å². The number of fused-ring (bicyclic) bond motifs is 2. The van der Waals surface area contributed by atoms with Gasteiger partial charge >= 0.3 is 0 Å². The summed E-state index contributed by atoms with van der Waals surface area (Å²) in [4.78, 5) is 23.6. The summed E-state index contributed by atoms with van der Waals surface area (Å²) in [6.45, 7) is 3.36. The average Bonchev–Trinajstić information content (AvgIpc) is 3.95. The lowest BCUT2D eigenvalue weighted by atomic mass is 10.2. The molecule has 46 heavy (non-hydrogen) atoms. The van der Waals surface area contributed by atoms with Crippen molar-refractivity contribution >= 4 is 68.1 Å². The lowest BCUT2D eigenvalue weighted by Crippen LogP contribution is -2.47. The number of aliphatic hydroxyl groups excluding tert-OH is 2. The number of nitrogens with one attached hydrogen (secondary N) is 2. The molecule has 3 aliphatic heterocycles. The average molecular weight is 708 g/mol. The van der Waals surface area contributed by atoms with Gasteiger partial charge in [0.2, 0.25) is 11.2 Å². The molecule has 3 aromatic rings. The minimum atomic E-state index is -1.08. The summed E-state index contributed by atoms with van der Waals surface area (Å²) in [7, 11) is -2.13. The van der Waals surface area contributed by atoms with E-state index in [0.717, 1.165) is 78.9 Å². The van der Waals surface area contributed by atoms with Crippen LogP contribution in [0.3, 0.4) is 0 Å². The minimum Gasteiger partial charge on any atom is -0.394 e. The zero-order valence-corrected chi connectivity index (χ0v) is 28.3. The first-order valence-electron chi connectivity index (χ1n) is 15.5. The van der Waals surface area contributed by atoms with Gasteiger partial charge in [-0.15, -0.1) is 0 Å². The van der Waals surface area contributed by atoms with Crippen molar-refractivity contribution in [3.05, 3.63) is 46.0 Å². The minimum absolute atomic E-state index is 0.0516. The number of aryl methyl sites for hydroxylation is 2. The molecule has 0 amide bonds. The number of piperazine rings is 1. The summed E-state index contributed by atoms with van der Waals surface area (Å²) in [6.07, 6.45) is 4.98. The molecule has 5 aliphatic rings. The van der Waals surface area contributed by atoms with E-state index in [1.807, 2.05) is 24.3 Å². The number of aromatic nitrogens is 4. The molecule has 0 bridgehead atoms. The van der Waals surface area contributed by atoms with Gasteiger partial charge in [0.05, 0.1) is 68.0 Å². The van der Waals surface area contributed by atoms with E-state index in [1.54, 1.807) is 0 Å². The van der Waals surface area contributed by atoms with Crippen LogP contribution in [0.25, 0.3) is 0 Å². The van der Waals surface area contributed by atoms with E-state index in [4.69, 9.17) is 33.2 Å². The highest BCUT2D eigenvalue weighted by Crippen LogP contribution is 2.42. The molecule has 1 aromatic carbocycles. The van der Waals surface area contributed by atoms with Gasteiger partial charge in [0, 0.05) is 50.5 Å². The molecule has 246 valence electrons. The van der Waals surface area contributed by atoms with Gasteiger partial charge in [-0.1, -0.05) is 23.7 Å². The van der Waals surface area contributed by atoms with Crippen LogP contribution in [-0.4, -0.2) is 101 Å². The van der Waals surface area contributed by atoms with Crippen LogP contribution in [0.15, 0.2) is 34.1 Å². The van der Waals surface area contributed by atoms with Gasteiger partial charge in [-0.25, -0.2) is 9.97 Å². The normalized spacial score (nSPS) is 23.2. The summed E-state index contributed by atoms with van der Waals surface area (Å²) in [5.41, 5.74) is 2.09. The highest BCUT2D eigenvalue weighted by atomic mass is 35.5. The Morgan fingerprint density at radius 1 is 0.739 bits per heavy atom. The molecule has 0 spiro atoms. The van der Waals surface area contributed by atoms with Crippen molar-refractivity contribution in [3.63, 3.8) is 0 Å². The van der Waals surface area contributed by atoms with Crippen molar-refractivity contribution in [2.75, 3.05) is 71.3 Å². The molecule has 5 heterocycles. The first kappa shape index (κ1) is 32.0. The molecule has 16 heteroatoms. The van der Waals surface area contributed by atoms with E-state index < -0.39 is 21.6 Å². The van der Waals surface area contributed by atoms with Crippen LogP contribution >= 0.6 is 23.2 Å². The number of nitrogens with zero attached hydrogens (tertiary/aromatic N) is 6. The van der Waals surface area contributed by atoms with Crippen LogP contribution < -0.4 is 20.4 Å². The van der Waals surface area contributed by atoms with Crippen LogP contribution in [0, 0.1) is 0 Å². The van der Waals surface area contributed by atoms with E-state index in [1.165, 1.54) is 0 Å². The number of hydrogen-bond acceptors (Lipinski definition) is 12. The molecule has 8 rings (SSSR count). The van der Waals surface area contributed by atoms with Gasteiger partial charge in [-0.3, -0.25) is 8.42 Å². The third kappa shape index (κ3) is 6.44. The number of benzene rings is 1. The quantitative estimate of drug-likeness (QED) is 0.255. The number of para-hydroxylation sites is 1. The molecule has 2 saturated carbocycles. The first-order valence-corrected chi connectivity index (χ1v) is 18.9. The van der Waals surface area contributed by atoms with Gasteiger partial charge in [0.15, 0.2) is 0 Å². The number of halogens is 2. The highest BCUT2D eigenvalue weighted by molar-refractivity contribution is 7.85. The van der Waals surface area contributed by atoms with Crippen LogP contribution in [0.2, 0.25) is 10.3 Å². The Labute approximate surface area is 282 Å². The Balaban J connectivity index is 0.000000169. The predicted molar refractivity (Wildman–Crippen MR) is 180 cm³/mol. The molecule has 2 aromatic heterocycles. The van der Waals surface area contributed by atoms with Crippen molar-refractivity contribution in [1.82, 2.24) is 19.9 Å². The maximum absolute atomic E-state index is 12.5. The van der Waals surface area contributed by atoms with Crippen molar-refractivity contribution in [1.29, 1.82) is 0 Å². The Kier molecular flexibility index (Phi) is 8.87. The molecule has 2 aliphatic carbocycles. The van der Waals surface area contributed by atoms with Crippen LogP contribution in [0.1, 0.15) is 37.1 Å². The third-order valence-corrected chi connectivity index (χ3v) is 12.6. The number of aliphatic hydroxyl groups is 2. The van der Waals surface area contributed by atoms with Gasteiger partial charge < -0.3 is 30.6 Å². The molecular formula is C30H36Cl2N8O4S2. The largest absolute Gasteiger partial charge is 0.394 e. The summed E-state index contributed by atoms with van der Waals surface area (Å²) < 4.78 is 24.4. The van der Waals surface area contributed by atoms with E-state index in [2.05, 4.69) is 30.4 Å². The fourth-order valence-corrected chi connectivity index (χ4v) is 9.02. The summed E-state index contributed by atoms with van der Waals surface area (Å²) in [5.74, 6) is 3.01. The van der Waals surface area contributed by atoms with Gasteiger partial charge in [-0.2, -0.15) is 9.97 Å². The van der Waals surface area contributed by atoms with E-state index in [9.17, 15) is 18.6 Å². The van der Waals surface area contributed by atoms with E-state index >= 15 is 0 Å². The second-order valence-electron chi connectivity index (χ2n) is 12.4. The Hall–Kier alpha value is -2.62. The van der Waals surface area contributed by atoms with Crippen molar-refractivity contribution in [2.24, 2.45) is 0 Å². The van der Waals surface area contributed by atoms with Crippen molar-refractivity contribution < 1.29 is 18.6 Å². The van der Waals surface area contributed by atoms with E-state index in [0.29, 0.717) is 46.8 Å². The fourth-order valence-electron chi connectivity index (χ4n) is 5.97. The lowest BCUT2D eigenvalue weighted by Gasteiger charge is -2.36. The molecule has 0 radical (unpaired) electrons. The summed E-state index contributed by atoms with van der Waals surface area (Å²) in [6, 6.07) is 7.91. The Morgan fingerprint density at radius 3 is 1.80 bits per heavy atom. The summed E-state index contributed by atoms with van der Waals surface area (Å²) in [5, 5.41) is 26.5. The maximum atomic E-state index is 12.5. The van der Waals surface area contributed by atoms with Crippen LogP contribution in [-0.2, 0) is 34.4 Å². The molecule has 2 unspecified atom stereocenters. The lowest BCUT2D eigenvalue weighted by molar-refractivity contribution is 0.265. The Bertz CT molecular complexity index is 1700. The molecule has 1 saturated heterocycles. The molecule has 3 fully saturated rings. The Morgan fingerprint density at radius 2 is 1.26 bits per heavy atom. The molecule has 4 N–H and O–H groups in total. The van der Waals surface area contributed by atoms with Crippen LogP contribution in [0.4, 0.5) is 23.3 Å². The number of anilines is 4. The fraction of sp³-hybridized carbons (Fsp3) is 0.533. The van der Waals surface area contributed by atoms with Gasteiger partial charge in [-0.05, 0) is 49.4 Å². The van der Waals surface area contributed by atoms with E-state index in [-0.39, 0.29) is 29.6 Å². The standard InChI is InChI=1S/C20H24ClN5O2S.C10H12ClN3O2S/c21-14-3-1-2-4-16(14)25-8-10-26(11-9-25)19-22-15-5-12-29(28)17(15)18(23-19)24-20(13-27)6-7-20;11-9-12-6-1-4-17(16)7(6)8(13-9)14-10(5-15)2-3-10/h1-4,27H,5-13H2,(H,22,23,24);15H,1-5H2,(H,12,13,14). The van der Waals surface area contributed by atoms with Crippen LogP contribution in [0.5, 0.6) is 0 Å². The maximum Gasteiger partial charge on any atom is 0.227 e. The predicted octanol–water partition coefficient (Wildman–Crippen LogP) is 2.79. The van der Waals surface area contributed by atoms with Gasteiger partial charge in [0.1, 0.15) is 21.4 Å². The third-order valence-electron chi connectivity index (χ3n) is 9.17. The van der Waals surface area contributed by atoms with Crippen molar-refractivity contribution in [2.45, 2.75) is 59.4 Å². The molecule has 12 nitrogen and oxygen atoms in total. The number of rotatable bonds is 8. The smallest absolute Gasteiger partial charge is 0.227 e. The monoisotopic (exact) mass is 706 g/mol. The van der Waals surface area contributed by atoms with Gasteiger partial charge in [0.25, 0.3) is 0 Å². The highest BCUT2D eigenvalue weighted by Gasteiger charge is 2.45. The molecular weight excluding hydrogens is 671 g/mol. The first-order chi connectivity index (χ1) is 22.2. The second-order valence-corrected chi connectivity index (χ2v) is 16.2. The molecule has 2 atom stereocenters. The SMILES string of the molecule is O=S1CCc2nc(Cl)nc(NC3(CO)CC3)c21.O=S1CCc2nc(N3CCN(c4ccccc4Cl)CC3)nc(NC3(CO)CC3)c21. The zero-order valence-electron chi connectivity index (χ0n) is 25.2.